The van der Waals surface area contributed by atoms with E-state index in [1.165, 1.54) is 212 Å². The lowest BCUT2D eigenvalue weighted by molar-refractivity contribution is -0.161. The van der Waals surface area contributed by atoms with Crippen molar-refractivity contribution in [3.63, 3.8) is 0 Å². The maximum atomic E-state index is 12.1. The van der Waals surface area contributed by atoms with E-state index < -0.39 is 6.10 Å². The van der Waals surface area contributed by atoms with Gasteiger partial charge in [-0.3, -0.25) is 9.59 Å². The summed E-state index contributed by atoms with van der Waals surface area (Å²) >= 11 is 0. The van der Waals surface area contributed by atoms with Crippen molar-refractivity contribution < 1.29 is 24.2 Å². The van der Waals surface area contributed by atoms with Crippen LogP contribution in [-0.4, -0.2) is 36.4 Å². The molecule has 0 fully saturated rings. The molecule has 0 amide bonds. The van der Waals surface area contributed by atoms with Crippen molar-refractivity contribution in [2.75, 3.05) is 13.2 Å². The second-order valence-corrected chi connectivity index (χ2v) is 17.6. The molecule has 5 heteroatoms. The van der Waals surface area contributed by atoms with E-state index in [1.54, 1.807) is 0 Å². The molecule has 0 aliphatic carbocycles. The molecule has 0 heterocycles. The molecule has 0 radical (unpaired) electrons. The van der Waals surface area contributed by atoms with Crippen molar-refractivity contribution in [2.24, 2.45) is 0 Å². The normalized spacial score (nSPS) is 12.3. The fraction of sp³-hybridized carbons (Fsp3) is 0.887. The molecular formula is C53H100O5. The number of hydrogen-bond donors (Lipinski definition) is 1. The van der Waals surface area contributed by atoms with Gasteiger partial charge in [-0.05, 0) is 44.9 Å². The summed E-state index contributed by atoms with van der Waals surface area (Å²) in [6, 6.07) is 0. The van der Waals surface area contributed by atoms with Crippen LogP contribution in [0.1, 0.15) is 284 Å². The van der Waals surface area contributed by atoms with E-state index >= 15 is 0 Å². The highest BCUT2D eigenvalue weighted by atomic mass is 16.6. The van der Waals surface area contributed by atoms with Crippen molar-refractivity contribution in [1.82, 2.24) is 0 Å². The zero-order valence-electron chi connectivity index (χ0n) is 39.1. The van der Waals surface area contributed by atoms with E-state index in [0.717, 1.165) is 44.9 Å². The Morgan fingerprint density at radius 3 is 1.02 bits per heavy atom. The Morgan fingerprint density at radius 1 is 0.397 bits per heavy atom. The summed E-state index contributed by atoms with van der Waals surface area (Å²) in [4.78, 5) is 24.0. The first-order chi connectivity index (χ1) is 28.6. The molecule has 1 unspecified atom stereocenters. The zero-order chi connectivity index (χ0) is 42.1. The monoisotopic (exact) mass is 817 g/mol. The second kappa shape index (κ2) is 49.7. The first-order valence-electron chi connectivity index (χ1n) is 25.9. The summed E-state index contributed by atoms with van der Waals surface area (Å²) in [7, 11) is 0. The lowest BCUT2D eigenvalue weighted by Gasteiger charge is -2.15. The molecular weight excluding hydrogens is 717 g/mol. The number of aliphatic hydroxyl groups excluding tert-OH is 1. The summed E-state index contributed by atoms with van der Waals surface area (Å²) in [5.74, 6) is -0.592. The Hall–Kier alpha value is -1.62. The smallest absolute Gasteiger partial charge is 0.306 e. The van der Waals surface area contributed by atoms with E-state index in [4.69, 9.17) is 9.47 Å². The minimum atomic E-state index is -0.762. The van der Waals surface area contributed by atoms with Gasteiger partial charge in [-0.1, -0.05) is 250 Å². The first kappa shape index (κ1) is 56.4. The number of esters is 2. The molecule has 0 aromatic carbocycles. The number of rotatable bonds is 48. The second-order valence-electron chi connectivity index (χ2n) is 17.6. The molecule has 1 atom stereocenters. The molecule has 1 N–H and O–H groups in total. The molecule has 0 aromatic heterocycles. The summed E-state index contributed by atoms with van der Waals surface area (Å²) in [5, 5.41) is 9.50. The SMILES string of the molecule is CCCCCCC/C=C\C/C=C\CCCCCCCCCCCCCCCCCCCCCCCCCCCCCC(=O)OC(CO)COC(=O)CCCCCCC. The fourth-order valence-corrected chi connectivity index (χ4v) is 7.82. The summed E-state index contributed by atoms with van der Waals surface area (Å²) in [5.41, 5.74) is 0. The maximum Gasteiger partial charge on any atom is 0.306 e. The lowest BCUT2D eigenvalue weighted by atomic mass is 10.0. The predicted molar refractivity (Wildman–Crippen MR) is 251 cm³/mol. The Bertz CT molecular complexity index is 882. The first-order valence-corrected chi connectivity index (χ1v) is 25.9. The van der Waals surface area contributed by atoms with Gasteiger partial charge in [-0.2, -0.15) is 0 Å². The molecule has 0 saturated carbocycles. The molecule has 0 bridgehead atoms. The maximum absolute atomic E-state index is 12.1. The van der Waals surface area contributed by atoms with E-state index in [0.29, 0.717) is 12.8 Å². The van der Waals surface area contributed by atoms with E-state index in [1.807, 2.05) is 0 Å². The number of carbonyl (C=O) groups is 2. The van der Waals surface area contributed by atoms with E-state index in [2.05, 4.69) is 38.2 Å². The Balaban J connectivity index is 3.29. The molecule has 0 spiro atoms. The molecule has 0 aromatic rings. The van der Waals surface area contributed by atoms with Gasteiger partial charge in [-0.25, -0.2) is 0 Å². The quantitative estimate of drug-likeness (QED) is 0.0376. The topological polar surface area (TPSA) is 72.8 Å². The number of ether oxygens (including phenoxy) is 2. The third-order valence-corrected chi connectivity index (χ3v) is 11.7. The van der Waals surface area contributed by atoms with Gasteiger partial charge >= 0.3 is 11.9 Å². The van der Waals surface area contributed by atoms with Crippen LogP contribution in [0.3, 0.4) is 0 Å². The number of hydrogen-bond acceptors (Lipinski definition) is 5. The number of carbonyl (C=O) groups excluding carboxylic acids is 2. The fourth-order valence-electron chi connectivity index (χ4n) is 7.82. The molecule has 0 aliphatic rings. The summed E-state index contributed by atoms with van der Waals surface area (Å²) < 4.78 is 10.5. The van der Waals surface area contributed by atoms with Crippen molar-refractivity contribution in [2.45, 2.75) is 290 Å². The van der Waals surface area contributed by atoms with Crippen molar-refractivity contribution in [1.29, 1.82) is 0 Å². The highest BCUT2D eigenvalue weighted by molar-refractivity contribution is 5.70. The Labute approximate surface area is 362 Å². The molecule has 0 rings (SSSR count). The van der Waals surface area contributed by atoms with Crippen LogP contribution in [0.5, 0.6) is 0 Å². The molecule has 0 aliphatic heterocycles. The highest BCUT2D eigenvalue weighted by Gasteiger charge is 2.16. The zero-order valence-corrected chi connectivity index (χ0v) is 39.1. The lowest BCUT2D eigenvalue weighted by Crippen LogP contribution is -2.28. The summed E-state index contributed by atoms with van der Waals surface area (Å²) in [6.07, 6.45) is 62.2. The molecule has 5 nitrogen and oxygen atoms in total. The van der Waals surface area contributed by atoms with Crippen molar-refractivity contribution in [3.8, 4) is 0 Å². The van der Waals surface area contributed by atoms with Gasteiger partial charge in [0.1, 0.15) is 6.61 Å². The van der Waals surface area contributed by atoms with Crippen LogP contribution in [0, 0.1) is 0 Å². The largest absolute Gasteiger partial charge is 0.462 e. The van der Waals surface area contributed by atoms with Gasteiger partial charge in [0.05, 0.1) is 6.61 Å². The van der Waals surface area contributed by atoms with Crippen LogP contribution < -0.4 is 0 Å². The Morgan fingerprint density at radius 2 is 0.690 bits per heavy atom. The van der Waals surface area contributed by atoms with Crippen LogP contribution in [0.15, 0.2) is 24.3 Å². The third kappa shape index (κ3) is 47.1. The van der Waals surface area contributed by atoms with Crippen molar-refractivity contribution in [3.05, 3.63) is 24.3 Å². The minimum absolute atomic E-state index is 0.0613. The van der Waals surface area contributed by atoms with Gasteiger partial charge in [0.2, 0.25) is 0 Å². The van der Waals surface area contributed by atoms with Crippen LogP contribution in [0.4, 0.5) is 0 Å². The van der Waals surface area contributed by atoms with E-state index in [9.17, 15) is 14.7 Å². The predicted octanol–water partition coefficient (Wildman–Crippen LogP) is 17.0. The van der Waals surface area contributed by atoms with E-state index in [-0.39, 0.29) is 25.2 Å². The van der Waals surface area contributed by atoms with Crippen LogP contribution >= 0.6 is 0 Å². The Kier molecular flexibility index (Phi) is 48.4. The molecule has 342 valence electrons. The molecule has 0 saturated heterocycles. The van der Waals surface area contributed by atoms with Crippen LogP contribution in [-0.2, 0) is 19.1 Å². The minimum Gasteiger partial charge on any atom is -0.462 e. The van der Waals surface area contributed by atoms with Gasteiger partial charge in [0, 0.05) is 12.8 Å². The number of unbranched alkanes of at least 4 members (excludes halogenated alkanes) is 36. The van der Waals surface area contributed by atoms with Gasteiger partial charge in [0.15, 0.2) is 6.10 Å². The average molecular weight is 817 g/mol. The van der Waals surface area contributed by atoms with Crippen molar-refractivity contribution >= 4 is 11.9 Å². The summed E-state index contributed by atoms with van der Waals surface area (Å²) in [6.45, 7) is 4.06. The van der Waals surface area contributed by atoms with Gasteiger partial charge < -0.3 is 14.6 Å². The third-order valence-electron chi connectivity index (χ3n) is 11.7. The number of aliphatic hydroxyl groups is 1. The number of allylic oxidation sites excluding steroid dienone is 4. The van der Waals surface area contributed by atoms with Crippen LogP contribution in [0.2, 0.25) is 0 Å². The van der Waals surface area contributed by atoms with Gasteiger partial charge in [0.25, 0.3) is 0 Å². The molecule has 58 heavy (non-hydrogen) atoms. The van der Waals surface area contributed by atoms with Crippen LogP contribution in [0.25, 0.3) is 0 Å². The highest BCUT2D eigenvalue weighted by Crippen LogP contribution is 2.17. The standard InChI is InChI=1S/C53H100O5/c1-3-5-7-9-10-11-12-13-14-15-16-17-18-19-20-21-22-23-24-25-26-27-28-29-30-31-32-33-34-35-36-37-38-39-40-41-42-44-46-48-53(56)58-51(49-54)50-57-52(55)47-45-43-8-6-4-2/h12-13,15-16,51,54H,3-11,14,17-50H2,1-2H3/b13-12-,16-15-. The van der Waals surface area contributed by atoms with Gasteiger partial charge in [-0.15, -0.1) is 0 Å². The average Bonchev–Trinajstić information content (AvgIpc) is 3.23.